The van der Waals surface area contributed by atoms with Gasteiger partial charge in [-0.2, -0.15) is 0 Å². The van der Waals surface area contributed by atoms with Gasteiger partial charge in [-0.25, -0.2) is 14.2 Å². The van der Waals surface area contributed by atoms with E-state index in [1.165, 1.54) is 37.6 Å². The molecule has 21 heavy (non-hydrogen) atoms. The molecule has 5 nitrogen and oxygen atoms in total. The van der Waals surface area contributed by atoms with E-state index in [4.69, 9.17) is 11.6 Å². The molecular weight excluding hydrogens is 299 g/mol. The Bertz CT molecular complexity index is 689. The van der Waals surface area contributed by atoms with Crippen LogP contribution in [0.25, 0.3) is 0 Å². The van der Waals surface area contributed by atoms with Crippen molar-refractivity contribution < 1.29 is 18.7 Å². The number of hydrogen-bond donors (Lipinski definition) is 1. The van der Waals surface area contributed by atoms with Crippen LogP contribution < -0.4 is 5.32 Å². The Balaban J connectivity index is 2.24. The number of hydrogen-bond acceptors (Lipinski definition) is 4. The molecule has 2 rings (SSSR count). The first-order chi connectivity index (χ1) is 10.0. The van der Waals surface area contributed by atoms with Gasteiger partial charge in [-0.15, -0.1) is 0 Å². The van der Waals surface area contributed by atoms with Crippen LogP contribution in [0, 0.1) is 5.82 Å². The van der Waals surface area contributed by atoms with Crippen LogP contribution in [0.1, 0.15) is 20.7 Å². The topological polar surface area (TPSA) is 68.3 Å². The standard InChI is InChI=1S/C14H10ClFN2O3/c1-21-14(20)8-2-4-10(16)11(6-8)18-13(19)9-3-5-12(15)17-7-9/h2-7H,1H3,(H,18,19). The van der Waals surface area contributed by atoms with Gasteiger partial charge in [-0.3, -0.25) is 4.79 Å². The van der Waals surface area contributed by atoms with Crippen molar-refractivity contribution in [3.63, 3.8) is 0 Å². The summed E-state index contributed by atoms with van der Waals surface area (Å²) < 4.78 is 18.2. The Kier molecular flexibility index (Phi) is 4.49. The lowest BCUT2D eigenvalue weighted by Gasteiger charge is -2.08. The van der Waals surface area contributed by atoms with Crippen molar-refractivity contribution in [1.82, 2.24) is 4.98 Å². The Morgan fingerprint density at radius 2 is 1.95 bits per heavy atom. The second-order valence-corrected chi connectivity index (χ2v) is 4.40. The molecule has 1 amide bonds. The lowest BCUT2D eigenvalue weighted by molar-refractivity contribution is 0.0600. The van der Waals surface area contributed by atoms with Crippen molar-refractivity contribution in [2.75, 3.05) is 12.4 Å². The molecular formula is C14H10ClFN2O3. The first kappa shape index (κ1) is 14.9. The highest BCUT2D eigenvalue weighted by atomic mass is 35.5. The van der Waals surface area contributed by atoms with E-state index in [0.717, 1.165) is 6.07 Å². The summed E-state index contributed by atoms with van der Waals surface area (Å²) in [6.07, 6.45) is 1.26. The molecule has 0 bridgehead atoms. The number of carbonyl (C=O) groups is 2. The number of anilines is 1. The normalized spacial score (nSPS) is 10.0. The van der Waals surface area contributed by atoms with Crippen molar-refractivity contribution in [3.8, 4) is 0 Å². The van der Waals surface area contributed by atoms with Gasteiger partial charge in [-0.05, 0) is 30.3 Å². The molecule has 1 N–H and O–H groups in total. The average molecular weight is 309 g/mol. The SMILES string of the molecule is COC(=O)c1ccc(F)c(NC(=O)c2ccc(Cl)nc2)c1. The van der Waals surface area contributed by atoms with Crippen LogP contribution in [0.5, 0.6) is 0 Å². The minimum atomic E-state index is -0.669. The number of pyridine rings is 1. The predicted octanol–water partition coefficient (Wildman–Crippen LogP) is 2.91. The monoisotopic (exact) mass is 308 g/mol. The van der Waals surface area contributed by atoms with E-state index in [1.54, 1.807) is 0 Å². The van der Waals surface area contributed by atoms with Gasteiger partial charge in [0.1, 0.15) is 11.0 Å². The first-order valence-corrected chi connectivity index (χ1v) is 6.20. The molecule has 0 saturated carbocycles. The Morgan fingerprint density at radius 3 is 2.57 bits per heavy atom. The van der Waals surface area contributed by atoms with Crippen LogP contribution >= 0.6 is 11.6 Å². The van der Waals surface area contributed by atoms with Crippen LogP contribution in [0.2, 0.25) is 5.15 Å². The summed E-state index contributed by atoms with van der Waals surface area (Å²) in [7, 11) is 1.21. The fraction of sp³-hybridized carbons (Fsp3) is 0.0714. The van der Waals surface area contributed by atoms with Crippen molar-refractivity contribution in [2.24, 2.45) is 0 Å². The maximum atomic E-state index is 13.7. The number of benzene rings is 1. The molecule has 0 aliphatic heterocycles. The molecule has 1 heterocycles. The predicted molar refractivity (Wildman–Crippen MR) is 74.9 cm³/mol. The number of ether oxygens (including phenoxy) is 1. The lowest BCUT2D eigenvalue weighted by atomic mass is 10.2. The first-order valence-electron chi connectivity index (χ1n) is 5.82. The fourth-order valence-electron chi connectivity index (χ4n) is 1.57. The number of nitrogens with zero attached hydrogens (tertiary/aromatic N) is 1. The Hall–Kier alpha value is -2.47. The van der Waals surface area contributed by atoms with Gasteiger partial charge in [0.2, 0.25) is 0 Å². The van der Waals surface area contributed by atoms with Crippen molar-refractivity contribution >= 4 is 29.2 Å². The number of carbonyl (C=O) groups excluding carboxylic acids is 2. The number of amides is 1. The van der Waals surface area contributed by atoms with E-state index in [0.29, 0.717) is 0 Å². The van der Waals surface area contributed by atoms with Crippen LogP contribution in [-0.4, -0.2) is 24.0 Å². The minimum Gasteiger partial charge on any atom is -0.465 e. The molecule has 7 heteroatoms. The van der Waals surface area contributed by atoms with Gasteiger partial charge in [0, 0.05) is 6.20 Å². The smallest absolute Gasteiger partial charge is 0.337 e. The lowest BCUT2D eigenvalue weighted by Crippen LogP contribution is -2.14. The maximum Gasteiger partial charge on any atom is 0.337 e. The molecule has 108 valence electrons. The number of nitrogens with one attached hydrogen (secondary N) is 1. The minimum absolute atomic E-state index is 0.127. The molecule has 0 aliphatic carbocycles. The third-order valence-corrected chi connectivity index (χ3v) is 2.85. The highest BCUT2D eigenvalue weighted by Gasteiger charge is 2.13. The zero-order valence-electron chi connectivity index (χ0n) is 10.9. The van der Waals surface area contributed by atoms with Crippen LogP contribution in [0.4, 0.5) is 10.1 Å². The van der Waals surface area contributed by atoms with Gasteiger partial charge >= 0.3 is 5.97 Å². The van der Waals surface area contributed by atoms with Gasteiger partial charge in [0.15, 0.2) is 0 Å². The van der Waals surface area contributed by atoms with Crippen molar-refractivity contribution in [2.45, 2.75) is 0 Å². The highest BCUT2D eigenvalue weighted by Crippen LogP contribution is 2.18. The molecule has 1 aromatic heterocycles. The Morgan fingerprint density at radius 1 is 1.24 bits per heavy atom. The van der Waals surface area contributed by atoms with Gasteiger partial charge in [-0.1, -0.05) is 11.6 Å². The average Bonchev–Trinajstić information content (AvgIpc) is 2.49. The molecule has 0 aliphatic rings. The molecule has 0 fully saturated rings. The second kappa shape index (κ2) is 6.32. The molecule has 0 spiro atoms. The van der Waals surface area contributed by atoms with Crippen LogP contribution in [-0.2, 0) is 4.74 Å². The molecule has 0 saturated heterocycles. The fourth-order valence-corrected chi connectivity index (χ4v) is 1.68. The van der Waals surface area contributed by atoms with Crippen LogP contribution in [0.15, 0.2) is 36.5 Å². The molecule has 0 unspecified atom stereocenters. The van der Waals surface area contributed by atoms with E-state index in [1.807, 2.05) is 0 Å². The third-order valence-electron chi connectivity index (χ3n) is 2.63. The number of rotatable bonds is 3. The zero-order valence-corrected chi connectivity index (χ0v) is 11.6. The van der Waals surface area contributed by atoms with E-state index in [-0.39, 0.29) is 22.0 Å². The summed E-state index contributed by atoms with van der Waals surface area (Å²) in [5.41, 5.74) is 0.212. The second-order valence-electron chi connectivity index (χ2n) is 4.01. The van der Waals surface area contributed by atoms with E-state index in [9.17, 15) is 14.0 Å². The maximum absolute atomic E-state index is 13.7. The van der Waals surface area contributed by atoms with Crippen LogP contribution in [0.3, 0.4) is 0 Å². The summed E-state index contributed by atoms with van der Waals surface area (Å²) in [5, 5.41) is 2.60. The summed E-state index contributed by atoms with van der Waals surface area (Å²) in [4.78, 5) is 27.1. The molecule has 0 radical (unpaired) electrons. The number of esters is 1. The Labute approximate surface area is 124 Å². The largest absolute Gasteiger partial charge is 0.465 e. The molecule has 1 aromatic carbocycles. The van der Waals surface area contributed by atoms with Crippen molar-refractivity contribution in [1.29, 1.82) is 0 Å². The van der Waals surface area contributed by atoms with E-state index < -0.39 is 17.7 Å². The van der Waals surface area contributed by atoms with Gasteiger partial charge in [0.05, 0.1) is 23.9 Å². The summed E-state index contributed by atoms with van der Waals surface area (Å²) in [6, 6.07) is 6.43. The third kappa shape index (κ3) is 3.55. The zero-order chi connectivity index (χ0) is 15.4. The number of methoxy groups -OCH3 is 1. The summed E-state index contributed by atoms with van der Waals surface area (Å²) in [6.45, 7) is 0. The highest BCUT2D eigenvalue weighted by molar-refractivity contribution is 6.29. The van der Waals surface area contributed by atoms with Gasteiger partial charge < -0.3 is 10.1 Å². The van der Waals surface area contributed by atoms with Gasteiger partial charge in [0.25, 0.3) is 5.91 Å². The van der Waals surface area contributed by atoms with E-state index in [2.05, 4.69) is 15.0 Å². The van der Waals surface area contributed by atoms with E-state index >= 15 is 0 Å². The summed E-state index contributed by atoms with van der Waals surface area (Å²) >= 11 is 5.62. The number of halogens is 2. The summed E-state index contributed by atoms with van der Waals surface area (Å²) in [5.74, 6) is -1.86. The van der Waals surface area contributed by atoms with Crippen molar-refractivity contribution in [3.05, 3.63) is 58.6 Å². The molecule has 2 aromatic rings. The quantitative estimate of drug-likeness (QED) is 0.699. The molecule has 0 atom stereocenters. The number of aromatic nitrogens is 1.